The normalized spacial score (nSPS) is 12.4. The second-order valence-corrected chi connectivity index (χ2v) is 8.79. The van der Waals surface area contributed by atoms with Gasteiger partial charge in [-0.1, -0.05) is 45.4 Å². The standard InChI is InChI=1S/C22H45N3O4/c1-6-7-8-10-13-16-29-17-14-11-9-12-15-23-22(27)24-20(18-21(26)28-5)19-25(2,3)4/h20H,6-19H2,1-5H3,(H-,23,24,27)/p+1. The lowest BCUT2D eigenvalue weighted by Gasteiger charge is -2.29. The molecule has 7 nitrogen and oxygen atoms in total. The molecule has 0 rings (SSSR count). The lowest BCUT2D eigenvalue weighted by molar-refractivity contribution is -0.871. The van der Waals surface area contributed by atoms with Gasteiger partial charge in [0.2, 0.25) is 0 Å². The summed E-state index contributed by atoms with van der Waals surface area (Å²) in [5.74, 6) is -0.313. The second kappa shape index (κ2) is 17.5. The quantitative estimate of drug-likeness (QED) is 0.204. The molecule has 0 aromatic carbocycles. The number of rotatable bonds is 18. The SMILES string of the molecule is CCCCCCCOCCCCCCNC(=O)NC(CC(=O)OC)C[N+](C)(C)C. The molecule has 0 saturated heterocycles. The Labute approximate surface area is 178 Å². The number of hydrogen-bond acceptors (Lipinski definition) is 4. The summed E-state index contributed by atoms with van der Waals surface area (Å²) in [6, 6.07) is -0.472. The average molecular weight is 417 g/mol. The molecule has 0 saturated carbocycles. The smallest absolute Gasteiger partial charge is 0.315 e. The van der Waals surface area contributed by atoms with Crippen molar-refractivity contribution in [2.75, 3.05) is 54.6 Å². The van der Waals surface area contributed by atoms with Gasteiger partial charge in [0.1, 0.15) is 0 Å². The highest BCUT2D eigenvalue weighted by Crippen LogP contribution is 2.04. The molecule has 0 fully saturated rings. The number of carbonyl (C=O) groups is 2. The molecule has 0 aliphatic heterocycles. The molecular formula is C22H46N3O4+. The van der Waals surface area contributed by atoms with Crippen LogP contribution < -0.4 is 10.6 Å². The lowest BCUT2D eigenvalue weighted by Crippen LogP contribution is -2.52. The van der Waals surface area contributed by atoms with E-state index in [0.717, 1.165) is 38.9 Å². The minimum absolute atomic E-state index is 0.179. The summed E-state index contributed by atoms with van der Waals surface area (Å²) in [5.41, 5.74) is 0. The van der Waals surface area contributed by atoms with Gasteiger partial charge in [-0.25, -0.2) is 4.79 Å². The van der Waals surface area contributed by atoms with Crippen molar-refractivity contribution < 1.29 is 23.5 Å². The van der Waals surface area contributed by atoms with E-state index < -0.39 is 0 Å². The average Bonchev–Trinajstić information content (AvgIpc) is 2.64. The van der Waals surface area contributed by atoms with Crippen LogP contribution in [0, 0.1) is 0 Å². The molecule has 0 aromatic heterocycles. The first-order chi connectivity index (χ1) is 13.8. The molecule has 0 radical (unpaired) electrons. The Balaban J connectivity index is 3.71. The van der Waals surface area contributed by atoms with Crippen molar-refractivity contribution in [3.63, 3.8) is 0 Å². The van der Waals surface area contributed by atoms with Crippen LogP contribution in [0.3, 0.4) is 0 Å². The highest BCUT2D eigenvalue weighted by atomic mass is 16.5. The third kappa shape index (κ3) is 19.7. The molecule has 2 N–H and O–H groups in total. The summed E-state index contributed by atoms with van der Waals surface area (Å²) in [5, 5.41) is 5.78. The van der Waals surface area contributed by atoms with Gasteiger partial charge >= 0.3 is 12.0 Å². The number of likely N-dealkylation sites (N-methyl/N-ethyl adjacent to an activating group) is 1. The molecule has 0 heterocycles. The van der Waals surface area contributed by atoms with E-state index in [1.807, 2.05) is 21.1 Å². The van der Waals surface area contributed by atoms with Crippen LogP contribution in [-0.4, -0.2) is 77.1 Å². The molecule has 29 heavy (non-hydrogen) atoms. The Bertz CT molecular complexity index is 425. The van der Waals surface area contributed by atoms with Crippen molar-refractivity contribution in [2.24, 2.45) is 0 Å². The molecule has 0 aliphatic rings. The van der Waals surface area contributed by atoms with Crippen molar-refractivity contribution in [1.82, 2.24) is 10.6 Å². The van der Waals surface area contributed by atoms with Gasteiger partial charge in [-0.2, -0.15) is 0 Å². The van der Waals surface area contributed by atoms with E-state index in [2.05, 4.69) is 17.6 Å². The molecule has 0 aromatic rings. The number of esters is 1. The third-order valence-corrected chi connectivity index (χ3v) is 4.64. The highest BCUT2D eigenvalue weighted by molar-refractivity contribution is 5.76. The van der Waals surface area contributed by atoms with Gasteiger partial charge in [-0.3, -0.25) is 4.79 Å². The van der Waals surface area contributed by atoms with Crippen LogP contribution in [0.1, 0.15) is 71.1 Å². The minimum Gasteiger partial charge on any atom is -0.469 e. The van der Waals surface area contributed by atoms with Crippen molar-refractivity contribution in [2.45, 2.75) is 77.2 Å². The summed E-state index contributed by atoms with van der Waals surface area (Å²) in [4.78, 5) is 23.7. The molecular weight excluding hydrogens is 370 g/mol. The van der Waals surface area contributed by atoms with E-state index in [1.165, 1.54) is 39.2 Å². The number of methoxy groups -OCH3 is 1. The summed E-state index contributed by atoms with van der Waals surface area (Å²) >= 11 is 0. The van der Waals surface area contributed by atoms with Gasteiger partial charge < -0.3 is 24.6 Å². The van der Waals surface area contributed by atoms with Crippen molar-refractivity contribution in [3.8, 4) is 0 Å². The number of ether oxygens (including phenoxy) is 2. The first-order valence-corrected chi connectivity index (χ1v) is 11.3. The van der Waals surface area contributed by atoms with E-state index in [-0.39, 0.29) is 24.5 Å². The zero-order chi connectivity index (χ0) is 22.0. The third-order valence-electron chi connectivity index (χ3n) is 4.64. The molecule has 2 amide bonds. The molecule has 7 heteroatoms. The maximum atomic E-state index is 12.1. The van der Waals surface area contributed by atoms with E-state index in [9.17, 15) is 9.59 Å². The zero-order valence-corrected chi connectivity index (χ0v) is 19.6. The first kappa shape index (κ1) is 27.7. The molecule has 0 bridgehead atoms. The van der Waals surface area contributed by atoms with Crippen LogP contribution in [0.4, 0.5) is 4.79 Å². The van der Waals surface area contributed by atoms with Crippen molar-refractivity contribution >= 4 is 12.0 Å². The van der Waals surface area contributed by atoms with E-state index in [1.54, 1.807) is 0 Å². The van der Waals surface area contributed by atoms with Crippen LogP contribution >= 0.6 is 0 Å². The number of urea groups is 1. The highest BCUT2D eigenvalue weighted by Gasteiger charge is 2.23. The Morgan fingerprint density at radius 1 is 0.897 bits per heavy atom. The van der Waals surface area contributed by atoms with Crippen LogP contribution in [0.5, 0.6) is 0 Å². The Hall–Kier alpha value is -1.34. The zero-order valence-electron chi connectivity index (χ0n) is 19.6. The number of carbonyl (C=O) groups excluding carboxylic acids is 2. The topological polar surface area (TPSA) is 76.7 Å². The largest absolute Gasteiger partial charge is 0.469 e. The fourth-order valence-electron chi connectivity index (χ4n) is 3.14. The Morgan fingerprint density at radius 2 is 1.48 bits per heavy atom. The van der Waals surface area contributed by atoms with Gasteiger partial charge in [0, 0.05) is 19.8 Å². The fourth-order valence-corrected chi connectivity index (χ4v) is 3.14. The molecule has 1 atom stereocenters. The number of quaternary nitrogens is 1. The van der Waals surface area contributed by atoms with Crippen LogP contribution in [0.15, 0.2) is 0 Å². The molecule has 172 valence electrons. The van der Waals surface area contributed by atoms with Crippen LogP contribution in [-0.2, 0) is 14.3 Å². The molecule has 1 unspecified atom stereocenters. The number of nitrogens with zero attached hydrogens (tertiary/aromatic N) is 1. The van der Waals surface area contributed by atoms with E-state index in [4.69, 9.17) is 9.47 Å². The van der Waals surface area contributed by atoms with E-state index in [0.29, 0.717) is 17.6 Å². The van der Waals surface area contributed by atoms with Gasteiger partial charge in [0.25, 0.3) is 0 Å². The minimum atomic E-state index is -0.313. The monoisotopic (exact) mass is 416 g/mol. The Kier molecular flexibility index (Phi) is 16.7. The first-order valence-electron chi connectivity index (χ1n) is 11.3. The van der Waals surface area contributed by atoms with Crippen LogP contribution in [0.2, 0.25) is 0 Å². The second-order valence-electron chi connectivity index (χ2n) is 8.79. The predicted molar refractivity (Wildman–Crippen MR) is 118 cm³/mol. The maximum absolute atomic E-state index is 12.1. The molecule has 0 spiro atoms. The van der Waals surface area contributed by atoms with Gasteiger partial charge in [0.05, 0.1) is 47.3 Å². The fraction of sp³-hybridized carbons (Fsp3) is 0.909. The molecule has 0 aliphatic carbocycles. The Morgan fingerprint density at radius 3 is 2.03 bits per heavy atom. The van der Waals surface area contributed by atoms with Crippen molar-refractivity contribution in [1.29, 1.82) is 0 Å². The summed E-state index contributed by atoms with van der Waals surface area (Å²) < 4.78 is 11.1. The summed E-state index contributed by atoms with van der Waals surface area (Å²) in [6.45, 7) is 5.24. The summed E-state index contributed by atoms with van der Waals surface area (Å²) in [7, 11) is 7.45. The van der Waals surface area contributed by atoms with Crippen LogP contribution in [0.25, 0.3) is 0 Å². The number of unbranched alkanes of at least 4 members (excludes halogenated alkanes) is 7. The van der Waals surface area contributed by atoms with Gasteiger partial charge in [-0.15, -0.1) is 0 Å². The van der Waals surface area contributed by atoms with E-state index >= 15 is 0 Å². The number of amides is 2. The van der Waals surface area contributed by atoms with Gasteiger partial charge in [-0.05, 0) is 19.3 Å². The number of hydrogen-bond donors (Lipinski definition) is 2. The number of nitrogens with one attached hydrogen (secondary N) is 2. The van der Waals surface area contributed by atoms with Crippen molar-refractivity contribution in [3.05, 3.63) is 0 Å². The predicted octanol–water partition coefficient (Wildman–Crippen LogP) is 3.47. The lowest BCUT2D eigenvalue weighted by atomic mass is 10.2. The maximum Gasteiger partial charge on any atom is 0.315 e. The summed E-state index contributed by atoms with van der Waals surface area (Å²) in [6.07, 6.45) is 10.8. The van der Waals surface area contributed by atoms with Gasteiger partial charge in [0.15, 0.2) is 0 Å².